The SMILES string of the molecule is CC(NC(=O)[C@H](N)C(C)C)c1nnc2n1CCC2. The number of amides is 1. The number of carbonyl (C=O) groups excluding carboxylic acids is 1. The lowest BCUT2D eigenvalue weighted by Gasteiger charge is -2.19. The molecule has 0 spiro atoms. The monoisotopic (exact) mass is 251 g/mol. The summed E-state index contributed by atoms with van der Waals surface area (Å²) in [6.45, 7) is 6.72. The van der Waals surface area contributed by atoms with Gasteiger partial charge < -0.3 is 15.6 Å². The second-order valence-corrected chi connectivity index (χ2v) is 5.23. The zero-order valence-electron chi connectivity index (χ0n) is 11.2. The van der Waals surface area contributed by atoms with Gasteiger partial charge in [0.25, 0.3) is 0 Å². The normalized spacial score (nSPS) is 17.6. The van der Waals surface area contributed by atoms with Crippen molar-refractivity contribution in [2.75, 3.05) is 0 Å². The summed E-state index contributed by atoms with van der Waals surface area (Å²) in [4.78, 5) is 11.9. The summed E-state index contributed by atoms with van der Waals surface area (Å²) in [5, 5.41) is 11.2. The summed E-state index contributed by atoms with van der Waals surface area (Å²) in [7, 11) is 0. The summed E-state index contributed by atoms with van der Waals surface area (Å²) in [6, 6.07) is -0.630. The summed E-state index contributed by atoms with van der Waals surface area (Å²) >= 11 is 0. The highest BCUT2D eigenvalue weighted by Crippen LogP contribution is 2.19. The molecule has 1 unspecified atom stereocenters. The number of aromatic nitrogens is 3. The van der Waals surface area contributed by atoms with Crippen LogP contribution >= 0.6 is 0 Å². The number of nitrogens with one attached hydrogen (secondary N) is 1. The van der Waals surface area contributed by atoms with Crippen molar-refractivity contribution in [3.05, 3.63) is 11.6 Å². The van der Waals surface area contributed by atoms with Crippen molar-refractivity contribution >= 4 is 5.91 Å². The van der Waals surface area contributed by atoms with Gasteiger partial charge >= 0.3 is 0 Å². The average Bonchev–Trinajstić information content (AvgIpc) is 2.88. The van der Waals surface area contributed by atoms with E-state index in [0.29, 0.717) is 0 Å². The molecular formula is C12H21N5O. The van der Waals surface area contributed by atoms with Crippen LogP contribution in [0.15, 0.2) is 0 Å². The molecule has 2 heterocycles. The second-order valence-electron chi connectivity index (χ2n) is 5.23. The quantitative estimate of drug-likeness (QED) is 0.810. The van der Waals surface area contributed by atoms with Crippen LogP contribution in [0, 0.1) is 5.92 Å². The van der Waals surface area contributed by atoms with Gasteiger partial charge in [-0.05, 0) is 19.3 Å². The topological polar surface area (TPSA) is 85.8 Å². The molecule has 1 aromatic rings. The zero-order valence-corrected chi connectivity index (χ0v) is 11.2. The molecule has 0 aromatic carbocycles. The van der Waals surface area contributed by atoms with E-state index in [1.165, 1.54) is 0 Å². The van der Waals surface area contributed by atoms with Crippen LogP contribution in [-0.2, 0) is 17.8 Å². The largest absolute Gasteiger partial charge is 0.345 e. The molecule has 18 heavy (non-hydrogen) atoms. The maximum absolute atomic E-state index is 11.9. The molecule has 6 nitrogen and oxygen atoms in total. The van der Waals surface area contributed by atoms with Crippen LogP contribution in [0.4, 0.5) is 0 Å². The molecule has 0 saturated carbocycles. The van der Waals surface area contributed by atoms with Gasteiger partial charge in [0, 0.05) is 13.0 Å². The number of fused-ring (bicyclic) bond motifs is 1. The Labute approximate surface area is 107 Å². The van der Waals surface area contributed by atoms with Crippen LogP contribution in [0.25, 0.3) is 0 Å². The lowest BCUT2D eigenvalue weighted by atomic mass is 10.0. The molecule has 2 atom stereocenters. The van der Waals surface area contributed by atoms with E-state index in [1.54, 1.807) is 0 Å². The Bertz CT molecular complexity index is 440. The van der Waals surface area contributed by atoms with Gasteiger partial charge in [0.2, 0.25) is 5.91 Å². The zero-order chi connectivity index (χ0) is 13.3. The van der Waals surface area contributed by atoms with Crippen LogP contribution in [0.3, 0.4) is 0 Å². The smallest absolute Gasteiger partial charge is 0.237 e. The van der Waals surface area contributed by atoms with E-state index in [0.717, 1.165) is 31.0 Å². The molecule has 2 rings (SSSR count). The van der Waals surface area contributed by atoms with Crippen LogP contribution in [-0.4, -0.2) is 26.7 Å². The summed E-state index contributed by atoms with van der Waals surface area (Å²) in [5.41, 5.74) is 5.82. The summed E-state index contributed by atoms with van der Waals surface area (Å²) in [5.74, 6) is 1.83. The first-order chi connectivity index (χ1) is 8.50. The summed E-state index contributed by atoms with van der Waals surface area (Å²) < 4.78 is 2.09. The molecular weight excluding hydrogens is 230 g/mol. The van der Waals surface area contributed by atoms with E-state index in [-0.39, 0.29) is 17.9 Å². The first kappa shape index (κ1) is 13.0. The number of aryl methyl sites for hydroxylation is 1. The van der Waals surface area contributed by atoms with Gasteiger partial charge in [0.15, 0.2) is 5.82 Å². The van der Waals surface area contributed by atoms with E-state index in [2.05, 4.69) is 20.1 Å². The molecule has 3 N–H and O–H groups in total. The number of carbonyl (C=O) groups is 1. The van der Waals surface area contributed by atoms with E-state index >= 15 is 0 Å². The van der Waals surface area contributed by atoms with E-state index in [9.17, 15) is 4.79 Å². The fourth-order valence-electron chi connectivity index (χ4n) is 2.17. The Hall–Kier alpha value is -1.43. The Balaban J connectivity index is 2.04. The maximum Gasteiger partial charge on any atom is 0.237 e. The first-order valence-electron chi connectivity index (χ1n) is 6.48. The molecule has 0 aliphatic carbocycles. The predicted octanol–water partition coefficient (Wildman–Crippen LogP) is 0.385. The molecule has 1 aromatic heterocycles. The fourth-order valence-corrected chi connectivity index (χ4v) is 2.17. The third kappa shape index (κ3) is 2.38. The van der Waals surface area contributed by atoms with E-state index in [1.807, 2.05) is 20.8 Å². The third-order valence-corrected chi connectivity index (χ3v) is 3.41. The van der Waals surface area contributed by atoms with Crippen molar-refractivity contribution < 1.29 is 4.79 Å². The molecule has 0 fully saturated rings. The van der Waals surface area contributed by atoms with E-state index in [4.69, 9.17) is 5.73 Å². The van der Waals surface area contributed by atoms with Crippen molar-refractivity contribution in [1.29, 1.82) is 0 Å². The van der Waals surface area contributed by atoms with Crippen molar-refractivity contribution in [1.82, 2.24) is 20.1 Å². The number of nitrogens with zero attached hydrogens (tertiary/aromatic N) is 3. The first-order valence-corrected chi connectivity index (χ1v) is 6.48. The Morgan fingerprint density at radius 3 is 2.78 bits per heavy atom. The Morgan fingerprint density at radius 1 is 1.39 bits per heavy atom. The highest BCUT2D eigenvalue weighted by Gasteiger charge is 2.24. The number of hydrogen-bond donors (Lipinski definition) is 2. The van der Waals surface area contributed by atoms with Gasteiger partial charge in [-0.3, -0.25) is 4.79 Å². The van der Waals surface area contributed by atoms with Gasteiger partial charge in [-0.2, -0.15) is 0 Å². The fraction of sp³-hybridized carbons (Fsp3) is 0.750. The number of rotatable bonds is 4. The van der Waals surface area contributed by atoms with E-state index < -0.39 is 6.04 Å². The molecule has 0 saturated heterocycles. The molecule has 1 amide bonds. The van der Waals surface area contributed by atoms with Gasteiger partial charge in [-0.1, -0.05) is 13.8 Å². The molecule has 100 valence electrons. The van der Waals surface area contributed by atoms with Gasteiger partial charge in [0.05, 0.1) is 12.1 Å². The van der Waals surface area contributed by atoms with Crippen molar-refractivity contribution in [3.63, 3.8) is 0 Å². The highest BCUT2D eigenvalue weighted by molar-refractivity contribution is 5.82. The van der Waals surface area contributed by atoms with Gasteiger partial charge in [-0.25, -0.2) is 0 Å². The van der Waals surface area contributed by atoms with Crippen molar-refractivity contribution in [2.24, 2.45) is 11.7 Å². The predicted molar refractivity (Wildman–Crippen MR) is 67.7 cm³/mol. The third-order valence-electron chi connectivity index (χ3n) is 3.41. The van der Waals surface area contributed by atoms with Crippen LogP contribution in [0.1, 0.15) is 44.9 Å². The molecule has 6 heteroatoms. The minimum atomic E-state index is -0.478. The van der Waals surface area contributed by atoms with Gasteiger partial charge in [0.1, 0.15) is 5.82 Å². The lowest BCUT2D eigenvalue weighted by Crippen LogP contribution is -2.45. The van der Waals surface area contributed by atoms with Crippen LogP contribution in [0.2, 0.25) is 0 Å². The van der Waals surface area contributed by atoms with Crippen molar-refractivity contribution in [2.45, 2.75) is 52.2 Å². The standard InChI is InChI=1S/C12H21N5O/c1-7(2)10(13)12(18)14-8(3)11-16-15-9-5-4-6-17(9)11/h7-8,10H,4-6,13H2,1-3H3,(H,14,18)/t8?,10-/m1/s1. The average molecular weight is 251 g/mol. The Morgan fingerprint density at radius 2 is 2.11 bits per heavy atom. The lowest BCUT2D eigenvalue weighted by molar-refractivity contribution is -0.123. The molecule has 0 bridgehead atoms. The van der Waals surface area contributed by atoms with Crippen LogP contribution < -0.4 is 11.1 Å². The van der Waals surface area contributed by atoms with Crippen molar-refractivity contribution in [3.8, 4) is 0 Å². The number of nitrogens with two attached hydrogens (primary N) is 1. The highest BCUT2D eigenvalue weighted by atomic mass is 16.2. The molecule has 0 radical (unpaired) electrons. The van der Waals surface area contributed by atoms with Gasteiger partial charge in [-0.15, -0.1) is 10.2 Å². The second kappa shape index (κ2) is 5.06. The maximum atomic E-state index is 11.9. The minimum Gasteiger partial charge on any atom is -0.345 e. The number of hydrogen-bond acceptors (Lipinski definition) is 4. The molecule has 1 aliphatic rings. The minimum absolute atomic E-state index is 0.126. The summed E-state index contributed by atoms with van der Waals surface area (Å²) in [6.07, 6.45) is 2.07. The molecule has 1 aliphatic heterocycles. The Kier molecular flexibility index (Phi) is 3.65. The van der Waals surface area contributed by atoms with Crippen LogP contribution in [0.5, 0.6) is 0 Å².